The summed E-state index contributed by atoms with van der Waals surface area (Å²) in [5.74, 6) is 2.63. The summed E-state index contributed by atoms with van der Waals surface area (Å²) in [6.45, 7) is 18.8. The fraction of sp³-hybridized carbons (Fsp3) is 0.867. The summed E-state index contributed by atoms with van der Waals surface area (Å²) in [6.07, 6.45) is 13.9. The van der Waals surface area contributed by atoms with Crippen LogP contribution in [0.5, 0.6) is 0 Å². The molecule has 0 aromatic rings. The molecule has 3 nitrogen and oxygen atoms in total. The highest BCUT2D eigenvalue weighted by atomic mass is 28.4. The molecule has 4 aliphatic carbocycles. The molecule has 34 heavy (non-hydrogen) atoms. The molecule has 4 heteroatoms. The second-order valence-corrected chi connectivity index (χ2v) is 18.9. The summed E-state index contributed by atoms with van der Waals surface area (Å²) < 4.78 is 6.46. The molecule has 194 valence electrons. The van der Waals surface area contributed by atoms with Gasteiger partial charge in [0.25, 0.3) is 0 Å². The SMILES string of the molecule is C[C@H](CCCC(C)(C)O[Si](C)(C)C)[C@H]1CC[C@H]2C3=CC=C4C[C@@H](O)C[C@H](O)[C@]4(C)[C@H]3CC[C@]12C. The standard InChI is InChI=1S/C30H52O3Si/c1-20(10-9-16-28(2,3)33-34(6,7)8)24-13-14-25-23-12-11-21-18-22(31)19-27(32)30(21,5)26(23)15-17-29(24,25)4/h11-12,20,22,24-27,31-32H,9-10,13-19H2,1-8H3/t20-,22-,24-,25+,26+,27+,29-,30+/m1/s1. The second kappa shape index (κ2) is 9.15. The second-order valence-electron chi connectivity index (χ2n) is 14.4. The molecule has 0 radical (unpaired) electrons. The molecule has 0 spiro atoms. The lowest BCUT2D eigenvalue weighted by atomic mass is 9.49. The highest BCUT2D eigenvalue weighted by Crippen LogP contribution is 2.66. The molecule has 0 aromatic heterocycles. The maximum atomic E-state index is 11.1. The van der Waals surface area contributed by atoms with E-state index in [1.165, 1.54) is 44.1 Å². The Hall–Kier alpha value is -0.423. The van der Waals surface area contributed by atoms with E-state index < -0.39 is 20.5 Å². The third kappa shape index (κ3) is 4.78. The van der Waals surface area contributed by atoms with Crippen molar-refractivity contribution < 1.29 is 14.6 Å². The van der Waals surface area contributed by atoms with E-state index in [0.717, 1.165) is 24.7 Å². The summed E-state index contributed by atoms with van der Waals surface area (Å²) in [7, 11) is -1.52. The molecular formula is C30H52O3Si. The van der Waals surface area contributed by atoms with Gasteiger partial charge in [0, 0.05) is 11.8 Å². The van der Waals surface area contributed by atoms with Crippen LogP contribution in [0.1, 0.15) is 92.4 Å². The quantitative estimate of drug-likeness (QED) is 0.371. The van der Waals surface area contributed by atoms with Gasteiger partial charge in [0.2, 0.25) is 0 Å². The van der Waals surface area contributed by atoms with Crippen LogP contribution in [0, 0.1) is 34.5 Å². The Kier molecular flexibility index (Phi) is 7.17. The van der Waals surface area contributed by atoms with E-state index in [1.807, 2.05) is 0 Å². The predicted molar refractivity (Wildman–Crippen MR) is 144 cm³/mol. The first-order chi connectivity index (χ1) is 15.7. The van der Waals surface area contributed by atoms with Gasteiger partial charge in [0.1, 0.15) is 0 Å². The minimum atomic E-state index is -1.52. The largest absolute Gasteiger partial charge is 0.413 e. The number of aliphatic hydroxyl groups is 2. The van der Waals surface area contributed by atoms with Crippen LogP contribution in [0.4, 0.5) is 0 Å². The van der Waals surface area contributed by atoms with Gasteiger partial charge in [0.15, 0.2) is 8.32 Å². The molecule has 4 aliphatic rings. The third-order valence-electron chi connectivity index (χ3n) is 10.4. The van der Waals surface area contributed by atoms with Crippen molar-refractivity contribution in [1.29, 1.82) is 0 Å². The number of hydrogen-bond acceptors (Lipinski definition) is 3. The first-order valence-electron chi connectivity index (χ1n) is 14.1. The normalized spacial score (nSPS) is 41.2. The molecule has 0 saturated heterocycles. The molecule has 0 unspecified atom stereocenters. The van der Waals surface area contributed by atoms with Crippen molar-refractivity contribution in [2.45, 2.75) is 130 Å². The van der Waals surface area contributed by atoms with E-state index in [2.05, 4.69) is 66.4 Å². The van der Waals surface area contributed by atoms with Crippen molar-refractivity contribution >= 4 is 8.32 Å². The van der Waals surface area contributed by atoms with Gasteiger partial charge < -0.3 is 14.6 Å². The zero-order chi connectivity index (χ0) is 25.1. The van der Waals surface area contributed by atoms with E-state index in [4.69, 9.17) is 4.43 Å². The van der Waals surface area contributed by atoms with E-state index in [9.17, 15) is 10.2 Å². The Bertz CT molecular complexity index is 823. The maximum Gasteiger partial charge on any atom is 0.184 e. The average Bonchev–Trinajstić information content (AvgIpc) is 3.04. The van der Waals surface area contributed by atoms with Crippen molar-refractivity contribution in [2.24, 2.45) is 34.5 Å². The molecule has 2 N–H and O–H groups in total. The molecule has 0 amide bonds. The zero-order valence-corrected chi connectivity index (χ0v) is 24.3. The highest BCUT2D eigenvalue weighted by Gasteiger charge is 2.58. The van der Waals surface area contributed by atoms with Crippen LogP contribution in [0.2, 0.25) is 19.6 Å². The Morgan fingerprint density at radius 2 is 1.79 bits per heavy atom. The van der Waals surface area contributed by atoms with Crippen LogP contribution in [-0.4, -0.2) is 36.3 Å². The lowest BCUT2D eigenvalue weighted by molar-refractivity contribution is -0.0545. The number of rotatable bonds is 7. The lowest BCUT2D eigenvalue weighted by Gasteiger charge is -2.56. The van der Waals surface area contributed by atoms with E-state index in [0.29, 0.717) is 23.7 Å². The number of aliphatic hydroxyl groups excluding tert-OH is 2. The van der Waals surface area contributed by atoms with Crippen LogP contribution in [0.15, 0.2) is 23.3 Å². The number of allylic oxidation sites excluding steroid dienone is 3. The molecule has 0 heterocycles. The van der Waals surface area contributed by atoms with Crippen LogP contribution >= 0.6 is 0 Å². The molecule has 8 atom stereocenters. The van der Waals surface area contributed by atoms with Crippen LogP contribution in [0.3, 0.4) is 0 Å². The fourth-order valence-corrected chi connectivity index (χ4v) is 10.7. The van der Waals surface area contributed by atoms with Crippen molar-refractivity contribution in [3.63, 3.8) is 0 Å². The van der Waals surface area contributed by atoms with Crippen LogP contribution in [0.25, 0.3) is 0 Å². The Labute approximate surface area is 210 Å². The predicted octanol–water partition coefficient (Wildman–Crippen LogP) is 7.25. The van der Waals surface area contributed by atoms with Crippen molar-refractivity contribution in [3.05, 3.63) is 23.3 Å². The molecule has 0 aromatic carbocycles. The monoisotopic (exact) mass is 488 g/mol. The Morgan fingerprint density at radius 3 is 2.47 bits per heavy atom. The molecule has 0 aliphatic heterocycles. The first-order valence-corrected chi connectivity index (χ1v) is 17.6. The topological polar surface area (TPSA) is 49.7 Å². The molecule has 3 saturated carbocycles. The summed E-state index contributed by atoms with van der Waals surface area (Å²) in [4.78, 5) is 0. The van der Waals surface area contributed by atoms with E-state index in [-0.39, 0.29) is 11.0 Å². The van der Waals surface area contributed by atoms with Crippen molar-refractivity contribution in [2.75, 3.05) is 0 Å². The van der Waals surface area contributed by atoms with Crippen LogP contribution in [-0.2, 0) is 4.43 Å². The average molecular weight is 489 g/mol. The van der Waals surface area contributed by atoms with Gasteiger partial charge in [-0.3, -0.25) is 0 Å². The van der Waals surface area contributed by atoms with Crippen molar-refractivity contribution in [1.82, 2.24) is 0 Å². The van der Waals surface area contributed by atoms with Gasteiger partial charge in [0.05, 0.1) is 17.8 Å². The lowest BCUT2D eigenvalue weighted by Crippen LogP contribution is -2.52. The van der Waals surface area contributed by atoms with Gasteiger partial charge >= 0.3 is 0 Å². The fourth-order valence-electron chi connectivity index (χ4n) is 8.95. The van der Waals surface area contributed by atoms with Gasteiger partial charge in [-0.15, -0.1) is 0 Å². The molecule has 4 rings (SSSR count). The summed E-state index contributed by atoms with van der Waals surface area (Å²) in [5, 5.41) is 21.4. The van der Waals surface area contributed by atoms with E-state index >= 15 is 0 Å². The van der Waals surface area contributed by atoms with Gasteiger partial charge in [-0.05, 0) is 101 Å². The Balaban J connectivity index is 1.44. The van der Waals surface area contributed by atoms with Gasteiger partial charge in [-0.25, -0.2) is 0 Å². The van der Waals surface area contributed by atoms with Gasteiger partial charge in [-0.1, -0.05) is 56.9 Å². The minimum Gasteiger partial charge on any atom is -0.413 e. The molecule has 0 bridgehead atoms. The highest BCUT2D eigenvalue weighted by molar-refractivity contribution is 6.69. The van der Waals surface area contributed by atoms with E-state index in [1.54, 1.807) is 5.57 Å². The third-order valence-corrected chi connectivity index (χ3v) is 11.6. The van der Waals surface area contributed by atoms with Gasteiger partial charge in [-0.2, -0.15) is 0 Å². The number of fused-ring (bicyclic) bond motifs is 5. The molecule has 3 fully saturated rings. The number of hydrogen-bond donors (Lipinski definition) is 2. The zero-order valence-electron chi connectivity index (χ0n) is 23.3. The molecular weight excluding hydrogens is 436 g/mol. The first kappa shape index (κ1) is 26.6. The maximum absolute atomic E-state index is 11.1. The Morgan fingerprint density at radius 1 is 1.09 bits per heavy atom. The van der Waals surface area contributed by atoms with Crippen molar-refractivity contribution in [3.8, 4) is 0 Å². The summed E-state index contributed by atoms with van der Waals surface area (Å²) in [6, 6.07) is 0. The minimum absolute atomic E-state index is 0.00876. The van der Waals surface area contributed by atoms with Crippen LogP contribution < -0.4 is 0 Å². The smallest absolute Gasteiger partial charge is 0.184 e. The summed E-state index contributed by atoms with van der Waals surface area (Å²) in [5.41, 5.74) is 3.09. The summed E-state index contributed by atoms with van der Waals surface area (Å²) >= 11 is 0.